The molecule has 1 fully saturated rings. The number of nitrogens with zero attached hydrogens (tertiary/aromatic N) is 2. The van der Waals surface area contributed by atoms with Crippen molar-refractivity contribution >= 4 is 34.5 Å². The van der Waals surface area contributed by atoms with Crippen LogP contribution in [0.1, 0.15) is 17.3 Å². The minimum absolute atomic E-state index is 0.0256. The molecule has 1 N–H and O–H groups in total. The van der Waals surface area contributed by atoms with E-state index in [0.29, 0.717) is 31.7 Å². The molecular weight excluding hydrogens is 371 g/mol. The normalized spacial score (nSPS) is 17.8. The summed E-state index contributed by atoms with van der Waals surface area (Å²) in [6, 6.07) is 7.01. The second-order valence-corrected chi connectivity index (χ2v) is 5.98. The zero-order valence-electron chi connectivity index (χ0n) is 11.3. The lowest BCUT2D eigenvalue weighted by atomic mass is 10.1. The lowest BCUT2D eigenvalue weighted by Gasteiger charge is -2.36. The van der Waals surface area contributed by atoms with Crippen molar-refractivity contribution in [1.29, 1.82) is 0 Å². The van der Waals surface area contributed by atoms with Crippen molar-refractivity contribution < 1.29 is 14.7 Å². The fraction of sp³-hybridized carbons (Fsp3) is 0.429. The summed E-state index contributed by atoms with van der Waals surface area (Å²) in [5, 5.41) is 9.00. The van der Waals surface area contributed by atoms with E-state index in [1.54, 1.807) is 11.8 Å². The average Bonchev–Trinajstić information content (AvgIpc) is 2.46. The SMILES string of the molecule is CC(C(=O)O)N1CCN(C(=O)c2ccccc2I)CC1. The molecule has 108 valence electrons. The Morgan fingerprint density at radius 2 is 1.80 bits per heavy atom. The van der Waals surface area contributed by atoms with Crippen LogP contribution < -0.4 is 0 Å². The molecule has 0 aromatic heterocycles. The Labute approximate surface area is 131 Å². The number of carbonyl (C=O) groups is 2. The van der Waals surface area contributed by atoms with Gasteiger partial charge in [-0.25, -0.2) is 0 Å². The van der Waals surface area contributed by atoms with Gasteiger partial charge in [0, 0.05) is 29.7 Å². The van der Waals surface area contributed by atoms with Gasteiger partial charge < -0.3 is 10.0 Å². The van der Waals surface area contributed by atoms with Crippen molar-refractivity contribution in [2.24, 2.45) is 0 Å². The van der Waals surface area contributed by atoms with Crippen LogP contribution in [0, 0.1) is 3.57 Å². The second kappa shape index (κ2) is 6.53. The van der Waals surface area contributed by atoms with Gasteiger partial charge >= 0.3 is 5.97 Å². The number of halogens is 1. The minimum Gasteiger partial charge on any atom is -0.480 e. The molecule has 5 nitrogen and oxygen atoms in total. The van der Waals surface area contributed by atoms with Crippen molar-refractivity contribution in [3.05, 3.63) is 33.4 Å². The molecule has 0 saturated carbocycles. The van der Waals surface area contributed by atoms with Gasteiger partial charge in [0.15, 0.2) is 0 Å². The second-order valence-electron chi connectivity index (χ2n) is 4.82. The summed E-state index contributed by atoms with van der Waals surface area (Å²) >= 11 is 2.16. The van der Waals surface area contributed by atoms with Gasteiger partial charge in [0.25, 0.3) is 5.91 Å². The Hall–Kier alpha value is -1.15. The molecule has 6 heteroatoms. The molecule has 1 aromatic carbocycles. The standard InChI is InChI=1S/C14H17IN2O3/c1-10(14(19)20)16-6-8-17(9-7-16)13(18)11-4-2-3-5-12(11)15/h2-5,10H,6-9H2,1H3,(H,19,20). The van der Waals surface area contributed by atoms with Crippen LogP contribution in [0.25, 0.3) is 0 Å². The van der Waals surface area contributed by atoms with Crippen LogP contribution in [0.15, 0.2) is 24.3 Å². The number of amides is 1. The molecule has 0 radical (unpaired) electrons. The largest absolute Gasteiger partial charge is 0.480 e. The number of benzene rings is 1. The Kier molecular flexibility index (Phi) is 4.98. The molecule has 1 heterocycles. The Morgan fingerprint density at radius 3 is 2.35 bits per heavy atom. The van der Waals surface area contributed by atoms with Gasteiger partial charge in [-0.1, -0.05) is 12.1 Å². The van der Waals surface area contributed by atoms with Crippen molar-refractivity contribution in [2.75, 3.05) is 26.2 Å². The van der Waals surface area contributed by atoms with Crippen molar-refractivity contribution in [2.45, 2.75) is 13.0 Å². The maximum absolute atomic E-state index is 12.4. The predicted octanol–water partition coefficient (Wildman–Crippen LogP) is 1.52. The van der Waals surface area contributed by atoms with Crippen molar-refractivity contribution in [3.63, 3.8) is 0 Å². The van der Waals surface area contributed by atoms with Crippen LogP contribution in [0.3, 0.4) is 0 Å². The molecule has 1 saturated heterocycles. The van der Waals surface area contributed by atoms with Crippen LogP contribution >= 0.6 is 22.6 Å². The number of piperazine rings is 1. The van der Waals surface area contributed by atoms with Crippen LogP contribution in [-0.2, 0) is 4.79 Å². The topological polar surface area (TPSA) is 60.9 Å². The van der Waals surface area contributed by atoms with E-state index in [0.717, 1.165) is 3.57 Å². The van der Waals surface area contributed by atoms with E-state index in [-0.39, 0.29) is 5.91 Å². The summed E-state index contributed by atoms with van der Waals surface area (Å²) in [4.78, 5) is 27.1. The number of carboxylic acid groups (broad SMARTS) is 1. The average molecular weight is 388 g/mol. The quantitative estimate of drug-likeness (QED) is 0.798. The fourth-order valence-corrected chi connectivity index (χ4v) is 2.89. The monoisotopic (exact) mass is 388 g/mol. The molecule has 2 rings (SSSR count). The summed E-state index contributed by atoms with van der Waals surface area (Å²) in [7, 11) is 0. The summed E-state index contributed by atoms with van der Waals surface area (Å²) in [6.07, 6.45) is 0. The molecule has 1 amide bonds. The highest BCUT2D eigenvalue weighted by Crippen LogP contribution is 2.16. The summed E-state index contributed by atoms with van der Waals surface area (Å²) in [5.41, 5.74) is 0.716. The molecule has 1 atom stereocenters. The van der Waals surface area contributed by atoms with E-state index in [1.165, 1.54) is 0 Å². The van der Waals surface area contributed by atoms with Crippen molar-refractivity contribution in [3.8, 4) is 0 Å². The molecule has 20 heavy (non-hydrogen) atoms. The number of carbonyl (C=O) groups excluding carboxylic acids is 1. The van der Waals surface area contributed by atoms with Crippen molar-refractivity contribution in [1.82, 2.24) is 9.80 Å². The smallest absolute Gasteiger partial charge is 0.320 e. The maximum Gasteiger partial charge on any atom is 0.320 e. The maximum atomic E-state index is 12.4. The van der Waals surface area contributed by atoms with Gasteiger partial charge in [0.2, 0.25) is 0 Å². The fourth-order valence-electron chi connectivity index (χ4n) is 2.27. The number of hydrogen-bond donors (Lipinski definition) is 1. The highest BCUT2D eigenvalue weighted by Gasteiger charge is 2.28. The molecule has 1 aromatic rings. The lowest BCUT2D eigenvalue weighted by Crippen LogP contribution is -2.53. The van der Waals surface area contributed by atoms with E-state index >= 15 is 0 Å². The van der Waals surface area contributed by atoms with E-state index in [9.17, 15) is 9.59 Å². The Balaban J connectivity index is 1.99. The zero-order chi connectivity index (χ0) is 14.7. The molecule has 1 unspecified atom stereocenters. The van der Waals surface area contributed by atoms with Gasteiger partial charge in [-0.15, -0.1) is 0 Å². The first-order valence-electron chi connectivity index (χ1n) is 6.51. The van der Waals surface area contributed by atoms with E-state index in [1.807, 2.05) is 29.2 Å². The summed E-state index contributed by atoms with van der Waals surface area (Å²) in [6.45, 7) is 4.02. The molecular formula is C14H17IN2O3. The van der Waals surface area contributed by atoms with Crippen LogP contribution in [0.2, 0.25) is 0 Å². The number of carboxylic acids is 1. The van der Waals surface area contributed by atoms with Gasteiger partial charge in [0.05, 0.1) is 5.56 Å². The first-order valence-corrected chi connectivity index (χ1v) is 7.59. The zero-order valence-corrected chi connectivity index (χ0v) is 13.4. The summed E-state index contributed by atoms with van der Waals surface area (Å²) < 4.78 is 0.941. The first-order chi connectivity index (χ1) is 9.50. The third-order valence-corrected chi connectivity index (χ3v) is 4.55. The van der Waals surface area contributed by atoms with Gasteiger partial charge in [-0.3, -0.25) is 14.5 Å². The van der Waals surface area contributed by atoms with Crippen LogP contribution in [0.5, 0.6) is 0 Å². The molecule has 1 aliphatic rings. The third-order valence-electron chi connectivity index (χ3n) is 3.61. The van der Waals surface area contributed by atoms with E-state index < -0.39 is 12.0 Å². The number of aliphatic carboxylic acids is 1. The highest BCUT2D eigenvalue weighted by atomic mass is 127. The Morgan fingerprint density at radius 1 is 1.20 bits per heavy atom. The van der Waals surface area contributed by atoms with Gasteiger partial charge in [-0.2, -0.15) is 0 Å². The molecule has 1 aliphatic heterocycles. The first kappa shape index (κ1) is 15.2. The molecule has 0 aliphatic carbocycles. The number of rotatable bonds is 3. The molecule has 0 spiro atoms. The van der Waals surface area contributed by atoms with E-state index in [2.05, 4.69) is 22.6 Å². The van der Waals surface area contributed by atoms with E-state index in [4.69, 9.17) is 5.11 Å². The van der Waals surface area contributed by atoms with Crippen LogP contribution in [0.4, 0.5) is 0 Å². The predicted molar refractivity (Wildman–Crippen MR) is 83.7 cm³/mol. The number of hydrogen-bond acceptors (Lipinski definition) is 3. The van der Waals surface area contributed by atoms with Gasteiger partial charge in [-0.05, 0) is 41.6 Å². The lowest BCUT2D eigenvalue weighted by molar-refractivity contribution is -0.143. The third kappa shape index (κ3) is 3.29. The highest BCUT2D eigenvalue weighted by molar-refractivity contribution is 14.1. The Bertz CT molecular complexity index is 513. The van der Waals surface area contributed by atoms with Crippen LogP contribution in [-0.4, -0.2) is 59.0 Å². The summed E-state index contributed by atoms with van der Waals surface area (Å²) in [5.74, 6) is -0.792. The van der Waals surface area contributed by atoms with Gasteiger partial charge in [0.1, 0.15) is 6.04 Å². The molecule has 0 bridgehead atoms. The minimum atomic E-state index is -0.817.